The standard InChI is InChI=1S/C15H21BrFN3O.ClH/c1-10(18)11-4-6-20(7-5-11)9-15(21)19-14-3-2-12(16)8-13(14)17;/h2-3,8,10-11H,4-7,9,18H2,1H3,(H,19,21);1H. The fourth-order valence-electron chi connectivity index (χ4n) is 2.62. The monoisotopic (exact) mass is 393 g/mol. The number of carbonyl (C=O) groups is 1. The van der Waals surface area contributed by atoms with Crippen LogP contribution in [-0.2, 0) is 4.79 Å². The average molecular weight is 395 g/mol. The third-order valence-electron chi connectivity index (χ3n) is 3.95. The lowest BCUT2D eigenvalue weighted by Gasteiger charge is -2.33. The quantitative estimate of drug-likeness (QED) is 0.825. The molecule has 0 radical (unpaired) electrons. The van der Waals surface area contributed by atoms with Gasteiger partial charge in [0.1, 0.15) is 5.82 Å². The molecule has 7 heteroatoms. The molecule has 0 aliphatic carbocycles. The maximum atomic E-state index is 13.7. The fraction of sp³-hybridized carbons (Fsp3) is 0.533. The van der Waals surface area contributed by atoms with E-state index in [4.69, 9.17) is 5.73 Å². The van der Waals surface area contributed by atoms with Crippen LogP contribution in [0.4, 0.5) is 10.1 Å². The van der Waals surface area contributed by atoms with Gasteiger partial charge in [0.15, 0.2) is 0 Å². The molecule has 1 fully saturated rings. The number of amides is 1. The zero-order valence-electron chi connectivity index (χ0n) is 12.5. The summed E-state index contributed by atoms with van der Waals surface area (Å²) in [4.78, 5) is 14.1. The first kappa shape index (κ1) is 19.4. The van der Waals surface area contributed by atoms with Gasteiger partial charge in [0.25, 0.3) is 0 Å². The Morgan fingerprint density at radius 2 is 2.14 bits per heavy atom. The Hall–Kier alpha value is -0.690. The van der Waals surface area contributed by atoms with Gasteiger partial charge in [0.05, 0.1) is 12.2 Å². The minimum absolute atomic E-state index is 0. The average Bonchev–Trinajstić information content (AvgIpc) is 2.42. The molecule has 3 N–H and O–H groups in total. The molecule has 1 saturated heterocycles. The lowest BCUT2D eigenvalue weighted by Crippen LogP contribution is -2.42. The number of halogens is 3. The second-order valence-corrected chi connectivity index (χ2v) is 6.56. The first-order valence-electron chi connectivity index (χ1n) is 7.18. The smallest absolute Gasteiger partial charge is 0.238 e. The molecule has 4 nitrogen and oxygen atoms in total. The maximum absolute atomic E-state index is 13.7. The van der Waals surface area contributed by atoms with E-state index in [1.807, 2.05) is 6.92 Å². The Morgan fingerprint density at radius 1 is 1.50 bits per heavy atom. The molecule has 2 rings (SSSR count). The minimum atomic E-state index is -0.437. The van der Waals surface area contributed by atoms with E-state index in [0.717, 1.165) is 25.9 Å². The SMILES string of the molecule is CC(N)C1CCN(CC(=O)Nc2ccc(Br)cc2F)CC1.Cl. The van der Waals surface area contributed by atoms with Crippen LogP contribution in [0.15, 0.2) is 22.7 Å². The number of nitrogens with one attached hydrogen (secondary N) is 1. The lowest BCUT2D eigenvalue weighted by molar-refractivity contribution is -0.117. The van der Waals surface area contributed by atoms with Crippen LogP contribution in [0.2, 0.25) is 0 Å². The number of hydrogen-bond acceptors (Lipinski definition) is 3. The predicted octanol–water partition coefficient (Wildman–Crippen LogP) is 3.01. The van der Waals surface area contributed by atoms with Crippen LogP contribution in [-0.4, -0.2) is 36.5 Å². The van der Waals surface area contributed by atoms with Gasteiger partial charge in [0.2, 0.25) is 5.91 Å². The van der Waals surface area contributed by atoms with Crippen molar-refractivity contribution in [2.24, 2.45) is 11.7 Å². The van der Waals surface area contributed by atoms with Gasteiger partial charge in [0, 0.05) is 10.5 Å². The number of piperidine rings is 1. The summed E-state index contributed by atoms with van der Waals surface area (Å²) >= 11 is 3.19. The highest BCUT2D eigenvalue weighted by Gasteiger charge is 2.23. The Labute approximate surface area is 145 Å². The molecule has 0 saturated carbocycles. The van der Waals surface area contributed by atoms with Crippen molar-refractivity contribution in [3.05, 3.63) is 28.5 Å². The number of likely N-dealkylation sites (tertiary alicyclic amines) is 1. The van der Waals surface area contributed by atoms with Gasteiger partial charge in [-0.15, -0.1) is 12.4 Å². The van der Waals surface area contributed by atoms with Crippen molar-refractivity contribution in [1.82, 2.24) is 4.90 Å². The molecule has 1 aliphatic rings. The molecule has 0 aromatic heterocycles. The number of rotatable bonds is 4. The molecule has 1 aromatic carbocycles. The topological polar surface area (TPSA) is 58.4 Å². The highest BCUT2D eigenvalue weighted by atomic mass is 79.9. The van der Waals surface area contributed by atoms with E-state index >= 15 is 0 Å². The van der Waals surface area contributed by atoms with E-state index < -0.39 is 5.82 Å². The first-order chi connectivity index (χ1) is 9.95. The van der Waals surface area contributed by atoms with Crippen LogP contribution >= 0.6 is 28.3 Å². The van der Waals surface area contributed by atoms with E-state index in [1.54, 1.807) is 12.1 Å². The van der Waals surface area contributed by atoms with Crippen LogP contribution in [0.5, 0.6) is 0 Å². The van der Waals surface area contributed by atoms with Crippen LogP contribution in [0.1, 0.15) is 19.8 Å². The molecule has 1 unspecified atom stereocenters. The number of benzene rings is 1. The van der Waals surface area contributed by atoms with E-state index in [1.165, 1.54) is 6.07 Å². The highest BCUT2D eigenvalue weighted by molar-refractivity contribution is 9.10. The molecule has 1 aliphatic heterocycles. The minimum Gasteiger partial charge on any atom is -0.328 e. The van der Waals surface area contributed by atoms with E-state index in [2.05, 4.69) is 26.1 Å². The Kier molecular flexibility index (Phi) is 7.76. The van der Waals surface area contributed by atoms with Gasteiger partial charge in [-0.25, -0.2) is 4.39 Å². The number of nitrogens with zero attached hydrogens (tertiary/aromatic N) is 1. The van der Waals surface area contributed by atoms with Gasteiger partial charge in [-0.1, -0.05) is 15.9 Å². The molecular formula is C15H22BrClFN3O. The fourth-order valence-corrected chi connectivity index (χ4v) is 2.95. The summed E-state index contributed by atoms with van der Waals surface area (Å²) in [7, 11) is 0. The second kappa shape index (κ2) is 8.82. The van der Waals surface area contributed by atoms with Gasteiger partial charge in [-0.3, -0.25) is 9.69 Å². The van der Waals surface area contributed by atoms with E-state index in [9.17, 15) is 9.18 Å². The maximum Gasteiger partial charge on any atom is 0.238 e. The number of hydrogen-bond donors (Lipinski definition) is 2. The third kappa shape index (κ3) is 5.50. The van der Waals surface area contributed by atoms with Crippen molar-refractivity contribution in [3.63, 3.8) is 0 Å². The summed E-state index contributed by atoms with van der Waals surface area (Å²) in [6.07, 6.45) is 2.02. The van der Waals surface area contributed by atoms with Gasteiger partial charge in [-0.2, -0.15) is 0 Å². The van der Waals surface area contributed by atoms with Crippen LogP contribution in [0, 0.1) is 11.7 Å². The molecule has 1 atom stereocenters. The normalized spacial score (nSPS) is 17.6. The van der Waals surface area contributed by atoms with Crippen molar-refractivity contribution in [3.8, 4) is 0 Å². The van der Waals surface area contributed by atoms with Crippen LogP contribution < -0.4 is 11.1 Å². The summed E-state index contributed by atoms with van der Waals surface area (Å²) in [5.41, 5.74) is 6.12. The molecule has 0 spiro atoms. The molecule has 124 valence electrons. The summed E-state index contributed by atoms with van der Waals surface area (Å²) in [6, 6.07) is 4.80. The van der Waals surface area contributed by atoms with Gasteiger partial charge >= 0.3 is 0 Å². The molecule has 1 aromatic rings. The predicted molar refractivity (Wildman–Crippen MR) is 92.8 cm³/mol. The van der Waals surface area contributed by atoms with Gasteiger partial charge < -0.3 is 11.1 Å². The first-order valence-corrected chi connectivity index (χ1v) is 7.98. The van der Waals surface area contributed by atoms with Gasteiger partial charge in [-0.05, 0) is 57.0 Å². The number of nitrogens with two attached hydrogens (primary N) is 1. The van der Waals surface area contributed by atoms with Crippen molar-refractivity contribution < 1.29 is 9.18 Å². The molecule has 22 heavy (non-hydrogen) atoms. The summed E-state index contributed by atoms with van der Waals surface area (Å²) in [5.74, 6) is -0.0860. The highest BCUT2D eigenvalue weighted by Crippen LogP contribution is 2.21. The zero-order valence-corrected chi connectivity index (χ0v) is 14.9. The zero-order chi connectivity index (χ0) is 15.4. The summed E-state index contributed by atoms with van der Waals surface area (Å²) in [5, 5.41) is 2.62. The van der Waals surface area contributed by atoms with Crippen molar-refractivity contribution in [1.29, 1.82) is 0 Å². The second-order valence-electron chi connectivity index (χ2n) is 5.65. The van der Waals surface area contributed by atoms with Crippen LogP contribution in [0.25, 0.3) is 0 Å². The van der Waals surface area contributed by atoms with E-state index in [0.29, 0.717) is 16.9 Å². The Morgan fingerprint density at radius 3 is 2.68 bits per heavy atom. The largest absolute Gasteiger partial charge is 0.328 e. The Bertz CT molecular complexity index is 508. The molecular weight excluding hydrogens is 373 g/mol. The molecule has 0 bridgehead atoms. The molecule has 1 heterocycles. The summed E-state index contributed by atoms with van der Waals surface area (Å²) in [6.45, 7) is 4.05. The number of carbonyl (C=O) groups excluding carboxylic acids is 1. The van der Waals surface area contributed by atoms with Crippen molar-refractivity contribution >= 4 is 39.9 Å². The van der Waals surface area contributed by atoms with Crippen LogP contribution in [0.3, 0.4) is 0 Å². The molecule has 1 amide bonds. The van der Waals surface area contributed by atoms with Crippen molar-refractivity contribution in [2.45, 2.75) is 25.8 Å². The lowest BCUT2D eigenvalue weighted by atomic mass is 9.91. The van der Waals surface area contributed by atoms with Crippen molar-refractivity contribution in [2.75, 3.05) is 25.0 Å². The third-order valence-corrected chi connectivity index (χ3v) is 4.44. The number of anilines is 1. The summed E-state index contributed by atoms with van der Waals surface area (Å²) < 4.78 is 14.3. The van der Waals surface area contributed by atoms with E-state index in [-0.39, 0.29) is 30.0 Å². The Balaban J connectivity index is 0.00000242.